The summed E-state index contributed by atoms with van der Waals surface area (Å²) in [5.74, 6) is 5.78. The highest BCUT2D eigenvalue weighted by Crippen LogP contribution is 2.17. The number of hydrogen-bond donors (Lipinski definition) is 3. The van der Waals surface area contributed by atoms with Crippen LogP contribution in [0.4, 0.5) is 10.5 Å². The number of ketones is 1. The summed E-state index contributed by atoms with van der Waals surface area (Å²) >= 11 is 0. The van der Waals surface area contributed by atoms with Crippen LogP contribution < -0.4 is 10.2 Å². The molecule has 1 fully saturated rings. The molecule has 33 heavy (non-hydrogen) atoms. The highest BCUT2D eigenvalue weighted by atomic mass is 16.3. The highest BCUT2D eigenvalue weighted by Gasteiger charge is 2.28. The van der Waals surface area contributed by atoms with E-state index in [1.54, 1.807) is 4.90 Å². The predicted octanol–water partition coefficient (Wildman–Crippen LogP) is 1.79. The summed E-state index contributed by atoms with van der Waals surface area (Å²) in [6.45, 7) is 5.08. The average molecular weight is 450 g/mol. The van der Waals surface area contributed by atoms with Gasteiger partial charge < -0.3 is 25.3 Å². The number of carbonyl (C=O) groups excluding carboxylic acids is 2. The lowest BCUT2D eigenvalue weighted by atomic mass is 10.1. The first-order valence-corrected chi connectivity index (χ1v) is 11.2. The standard InChI is InChI=1S/C26H31N3O4/c1-3-20-4-6-21(7-5-20)8-9-22-10-12-23(13-11-22)28-14-16-29(17-15-28)26(33)27-25(19(2)31)24(32)18-30/h4-7,10-13,19,25,30-31H,3,14-18H2,1-2H3,(H,27,33)/t19-,25+/m1/s1. The first-order chi connectivity index (χ1) is 15.9. The van der Waals surface area contributed by atoms with E-state index in [2.05, 4.69) is 41.1 Å². The van der Waals surface area contributed by atoms with E-state index in [1.165, 1.54) is 12.5 Å². The minimum absolute atomic E-state index is 0.417. The van der Waals surface area contributed by atoms with Crippen molar-refractivity contribution in [3.05, 3.63) is 65.2 Å². The van der Waals surface area contributed by atoms with Crippen molar-refractivity contribution < 1.29 is 19.8 Å². The van der Waals surface area contributed by atoms with Crippen molar-refractivity contribution in [2.24, 2.45) is 0 Å². The minimum Gasteiger partial charge on any atom is -0.391 e. The molecule has 0 aliphatic carbocycles. The fraction of sp³-hybridized carbons (Fsp3) is 0.385. The fourth-order valence-corrected chi connectivity index (χ4v) is 3.68. The molecule has 2 aromatic rings. The number of rotatable bonds is 6. The third kappa shape index (κ3) is 6.58. The number of amides is 2. The van der Waals surface area contributed by atoms with Crippen molar-refractivity contribution in [2.45, 2.75) is 32.4 Å². The number of nitrogens with zero attached hydrogens (tertiary/aromatic N) is 2. The second kappa shape index (κ2) is 11.5. The maximum atomic E-state index is 12.5. The van der Waals surface area contributed by atoms with Gasteiger partial charge >= 0.3 is 6.03 Å². The van der Waals surface area contributed by atoms with Crippen molar-refractivity contribution in [1.82, 2.24) is 10.2 Å². The van der Waals surface area contributed by atoms with E-state index < -0.39 is 30.6 Å². The molecule has 2 atom stereocenters. The number of hydrogen-bond acceptors (Lipinski definition) is 5. The number of aryl methyl sites for hydroxylation is 1. The van der Waals surface area contributed by atoms with E-state index in [-0.39, 0.29) is 0 Å². The van der Waals surface area contributed by atoms with E-state index in [0.717, 1.165) is 23.2 Å². The summed E-state index contributed by atoms with van der Waals surface area (Å²) in [5.41, 5.74) is 4.28. The number of anilines is 1. The number of nitrogens with one attached hydrogen (secondary N) is 1. The van der Waals surface area contributed by atoms with Gasteiger partial charge in [0.25, 0.3) is 0 Å². The predicted molar refractivity (Wildman–Crippen MR) is 128 cm³/mol. The van der Waals surface area contributed by atoms with Gasteiger partial charge in [-0.1, -0.05) is 30.9 Å². The second-order valence-electron chi connectivity index (χ2n) is 8.11. The number of carbonyl (C=O) groups is 2. The molecule has 2 aromatic carbocycles. The molecular formula is C26H31N3O4. The van der Waals surface area contributed by atoms with Crippen LogP contribution in [0.2, 0.25) is 0 Å². The molecule has 7 heteroatoms. The van der Waals surface area contributed by atoms with Crippen LogP contribution in [0.15, 0.2) is 48.5 Å². The lowest BCUT2D eigenvalue weighted by molar-refractivity contribution is -0.125. The van der Waals surface area contributed by atoms with Gasteiger partial charge in [-0.25, -0.2) is 4.79 Å². The molecular weight excluding hydrogens is 418 g/mol. The maximum Gasteiger partial charge on any atom is 0.318 e. The van der Waals surface area contributed by atoms with Gasteiger partial charge in [-0.3, -0.25) is 4.79 Å². The second-order valence-corrected chi connectivity index (χ2v) is 8.11. The largest absolute Gasteiger partial charge is 0.391 e. The number of Topliss-reactive ketones (excluding diaryl/α,β-unsaturated/α-hetero) is 1. The number of piperazine rings is 1. The molecule has 1 aliphatic heterocycles. The molecule has 1 saturated heterocycles. The number of aliphatic hydroxyl groups is 2. The Bertz CT molecular complexity index is 999. The van der Waals surface area contributed by atoms with Crippen LogP contribution >= 0.6 is 0 Å². The molecule has 7 nitrogen and oxygen atoms in total. The minimum atomic E-state index is -1.11. The molecule has 0 radical (unpaired) electrons. The number of urea groups is 1. The van der Waals surface area contributed by atoms with Crippen LogP contribution in [0.25, 0.3) is 0 Å². The molecule has 1 aliphatic rings. The van der Waals surface area contributed by atoms with Gasteiger partial charge in [0.1, 0.15) is 12.6 Å². The molecule has 0 bridgehead atoms. The lowest BCUT2D eigenvalue weighted by Gasteiger charge is -2.36. The Morgan fingerprint density at radius 2 is 1.52 bits per heavy atom. The van der Waals surface area contributed by atoms with E-state index in [9.17, 15) is 14.7 Å². The van der Waals surface area contributed by atoms with Crippen LogP contribution in [-0.2, 0) is 11.2 Å². The van der Waals surface area contributed by atoms with Crippen LogP contribution in [0.5, 0.6) is 0 Å². The maximum absolute atomic E-state index is 12.5. The first kappa shape index (κ1) is 24.3. The van der Waals surface area contributed by atoms with Crippen molar-refractivity contribution in [3.63, 3.8) is 0 Å². The highest BCUT2D eigenvalue weighted by molar-refractivity contribution is 5.89. The van der Waals surface area contributed by atoms with Crippen molar-refractivity contribution in [3.8, 4) is 11.8 Å². The zero-order valence-corrected chi connectivity index (χ0v) is 19.1. The number of aliphatic hydroxyl groups excluding tert-OH is 2. The fourth-order valence-electron chi connectivity index (χ4n) is 3.68. The van der Waals surface area contributed by atoms with Crippen LogP contribution in [-0.4, -0.2) is 71.9 Å². The summed E-state index contributed by atoms with van der Waals surface area (Å²) in [6.07, 6.45) is -0.0629. The SMILES string of the molecule is CCc1ccc(C#Cc2ccc(N3CCN(C(=O)N[C@H](C(=O)CO)[C@@H](C)O)CC3)cc2)cc1. The van der Waals surface area contributed by atoms with Gasteiger partial charge in [-0.2, -0.15) is 0 Å². The van der Waals surface area contributed by atoms with E-state index in [1.807, 2.05) is 36.4 Å². The summed E-state index contributed by atoms with van der Waals surface area (Å²) in [4.78, 5) is 28.0. The van der Waals surface area contributed by atoms with E-state index >= 15 is 0 Å². The summed E-state index contributed by atoms with van der Waals surface area (Å²) in [6, 6.07) is 14.8. The summed E-state index contributed by atoms with van der Waals surface area (Å²) in [7, 11) is 0. The smallest absolute Gasteiger partial charge is 0.318 e. The van der Waals surface area contributed by atoms with Crippen molar-refractivity contribution in [1.29, 1.82) is 0 Å². The average Bonchev–Trinajstić information content (AvgIpc) is 2.86. The molecule has 0 saturated carbocycles. The zero-order valence-electron chi connectivity index (χ0n) is 19.1. The van der Waals surface area contributed by atoms with Crippen LogP contribution in [0.3, 0.4) is 0 Å². The Morgan fingerprint density at radius 1 is 0.970 bits per heavy atom. The first-order valence-electron chi connectivity index (χ1n) is 11.2. The van der Waals surface area contributed by atoms with E-state index in [4.69, 9.17) is 5.11 Å². The third-order valence-corrected chi connectivity index (χ3v) is 5.78. The van der Waals surface area contributed by atoms with Crippen LogP contribution in [0, 0.1) is 11.8 Å². The Kier molecular flexibility index (Phi) is 8.47. The summed E-state index contributed by atoms with van der Waals surface area (Å²) in [5, 5.41) is 21.3. The lowest BCUT2D eigenvalue weighted by Crippen LogP contribution is -2.57. The van der Waals surface area contributed by atoms with Gasteiger partial charge in [-0.15, -0.1) is 0 Å². The Labute approximate surface area is 195 Å². The zero-order chi connectivity index (χ0) is 23.8. The van der Waals surface area contributed by atoms with Crippen molar-refractivity contribution in [2.75, 3.05) is 37.7 Å². The quantitative estimate of drug-likeness (QED) is 0.585. The Hall–Kier alpha value is -3.34. The van der Waals surface area contributed by atoms with Gasteiger partial charge in [0.2, 0.25) is 0 Å². The molecule has 2 amide bonds. The van der Waals surface area contributed by atoms with Gasteiger partial charge in [0.15, 0.2) is 5.78 Å². The summed E-state index contributed by atoms with van der Waals surface area (Å²) < 4.78 is 0. The van der Waals surface area contributed by atoms with Gasteiger partial charge in [-0.05, 0) is 55.3 Å². The van der Waals surface area contributed by atoms with E-state index in [0.29, 0.717) is 26.2 Å². The molecule has 1 heterocycles. The molecule has 3 rings (SSSR count). The molecule has 0 unspecified atom stereocenters. The molecule has 3 N–H and O–H groups in total. The van der Waals surface area contributed by atoms with Gasteiger partial charge in [0, 0.05) is 43.0 Å². The number of benzene rings is 2. The molecule has 0 spiro atoms. The Balaban J connectivity index is 1.54. The van der Waals surface area contributed by atoms with Gasteiger partial charge in [0.05, 0.1) is 6.10 Å². The normalized spacial score (nSPS) is 15.3. The Morgan fingerprint density at radius 3 is 2.00 bits per heavy atom. The molecule has 0 aromatic heterocycles. The topological polar surface area (TPSA) is 93.1 Å². The third-order valence-electron chi connectivity index (χ3n) is 5.78. The van der Waals surface area contributed by atoms with Crippen molar-refractivity contribution >= 4 is 17.5 Å². The molecule has 174 valence electrons. The monoisotopic (exact) mass is 449 g/mol. The van der Waals surface area contributed by atoms with Crippen LogP contribution in [0.1, 0.15) is 30.5 Å².